The molecule has 0 saturated heterocycles. The number of hydrogen-bond donors (Lipinski definition) is 1. The number of pyridine rings is 2. The Morgan fingerprint density at radius 2 is 1.62 bits per heavy atom. The molecule has 0 radical (unpaired) electrons. The van der Waals surface area contributed by atoms with Crippen molar-refractivity contribution in [1.82, 2.24) is 9.55 Å². The summed E-state index contributed by atoms with van der Waals surface area (Å²) in [6, 6.07) is 11.3. The van der Waals surface area contributed by atoms with Crippen molar-refractivity contribution in [2.45, 2.75) is 54.5 Å². The molecular weight excluding hydrogens is 324 g/mol. The summed E-state index contributed by atoms with van der Waals surface area (Å²) in [5, 5.41) is 11.0. The Morgan fingerprint density at radius 1 is 0.962 bits per heavy atom. The summed E-state index contributed by atoms with van der Waals surface area (Å²) in [5.74, 6) is 0.0901. The van der Waals surface area contributed by atoms with Gasteiger partial charge in [0, 0.05) is 18.3 Å². The smallest absolute Gasteiger partial charge is 0.260 e. The average Bonchev–Trinajstić information content (AvgIpc) is 2.75. The van der Waals surface area contributed by atoms with Crippen LogP contribution in [-0.4, -0.2) is 14.7 Å². The Balaban J connectivity index is 0.000000515. The van der Waals surface area contributed by atoms with Crippen molar-refractivity contribution in [2.75, 3.05) is 0 Å². The number of rotatable bonds is 0. The molecule has 1 aliphatic heterocycles. The summed E-state index contributed by atoms with van der Waals surface area (Å²) in [6.45, 7) is 12.6. The van der Waals surface area contributed by atoms with Crippen LogP contribution in [-0.2, 0) is 13.0 Å². The van der Waals surface area contributed by atoms with Gasteiger partial charge in [0.05, 0.1) is 11.1 Å². The molecule has 0 saturated carbocycles. The average molecular weight is 354 g/mol. The van der Waals surface area contributed by atoms with Crippen LogP contribution in [0, 0.1) is 0 Å². The number of aromatic nitrogens is 2. The monoisotopic (exact) mass is 354 g/mol. The first-order valence-electron chi connectivity index (χ1n) is 9.56. The van der Waals surface area contributed by atoms with E-state index >= 15 is 0 Å². The number of nitrogens with zero attached hydrogens (tertiary/aromatic N) is 2. The molecular formula is C22H30N2O2. The summed E-state index contributed by atoms with van der Waals surface area (Å²) < 4.78 is 1.65. The van der Waals surface area contributed by atoms with Gasteiger partial charge >= 0.3 is 0 Å². The first-order chi connectivity index (χ1) is 12.8. The number of hydrogen-bond acceptors (Lipinski definition) is 3. The molecule has 0 bridgehead atoms. The molecule has 1 N–H and O–H groups in total. The van der Waals surface area contributed by atoms with E-state index in [0.29, 0.717) is 23.1 Å². The van der Waals surface area contributed by atoms with Gasteiger partial charge in [-0.15, -0.1) is 0 Å². The SMILES string of the molecule is CC.CC.CC.O=c1c2cccnc2c(O)c2n1CCc1ccccc1-2. The van der Waals surface area contributed by atoms with Crippen LogP contribution >= 0.6 is 0 Å². The number of aryl methyl sites for hydroxylation is 1. The molecule has 140 valence electrons. The maximum atomic E-state index is 12.5. The number of benzene rings is 1. The van der Waals surface area contributed by atoms with Gasteiger partial charge in [0.15, 0.2) is 5.75 Å². The van der Waals surface area contributed by atoms with Crippen LogP contribution in [0.2, 0.25) is 0 Å². The topological polar surface area (TPSA) is 55.1 Å². The molecule has 2 aromatic heterocycles. The number of fused-ring (bicyclic) bond motifs is 4. The zero-order chi connectivity index (χ0) is 19.7. The predicted molar refractivity (Wildman–Crippen MR) is 111 cm³/mol. The van der Waals surface area contributed by atoms with E-state index in [1.807, 2.05) is 65.8 Å². The fourth-order valence-corrected chi connectivity index (χ4v) is 2.94. The highest BCUT2D eigenvalue weighted by Crippen LogP contribution is 2.37. The molecule has 0 spiro atoms. The zero-order valence-corrected chi connectivity index (χ0v) is 16.7. The third-order valence-corrected chi connectivity index (χ3v) is 3.88. The minimum absolute atomic E-state index is 0.0876. The van der Waals surface area contributed by atoms with Gasteiger partial charge in [-0.2, -0.15) is 0 Å². The van der Waals surface area contributed by atoms with Gasteiger partial charge < -0.3 is 9.67 Å². The molecule has 4 nitrogen and oxygen atoms in total. The highest BCUT2D eigenvalue weighted by Gasteiger charge is 2.23. The second kappa shape index (κ2) is 10.4. The Bertz CT molecular complexity index is 898. The second-order valence-electron chi connectivity index (χ2n) is 4.96. The predicted octanol–water partition coefficient (Wildman–Crippen LogP) is 5.40. The molecule has 0 fully saturated rings. The van der Waals surface area contributed by atoms with Gasteiger partial charge in [-0.25, -0.2) is 0 Å². The van der Waals surface area contributed by atoms with Crippen molar-refractivity contribution in [3.8, 4) is 17.0 Å². The largest absolute Gasteiger partial charge is 0.504 e. The molecule has 3 aromatic rings. The minimum atomic E-state index is -0.0876. The Kier molecular flexibility index (Phi) is 8.56. The first kappa shape index (κ1) is 21.4. The fraction of sp³-hybridized carbons (Fsp3) is 0.364. The van der Waals surface area contributed by atoms with Crippen molar-refractivity contribution in [2.24, 2.45) is 0 Å². The molecule has 4 rings (SSSR count). The van der Waals surface area contributed by atoms with Crippen LogP contribution in [0.3, 0.4) is 0 Å². The molecule has 1 aromatic carbocycles. The lowest BCUT2D eigenvalue weighted by Crippen LogP contribution is -2.26. The molecule has 0 unspecified atom stereocenters. The number of aromatic hydroxyl groups is 1. The van der Waals surface area contributed by atoms with Gasteiger partial charge in [0.25, 0.3) is 5.56 Å². The Hall–Kier alpha value is -2.62. The normalized spacial score (nSPS) is 10.7. The van der Waals surface area contributed by atoms with E-state index in [2.05, 4.69) is 4.98 Å². The van der Waals surface area contributed by atoms with Gasteiger partial charge in [-0.1, -0.05) is 65.8 Å². The zero-order valence-electron chi connectivity index (χ0n) is 16.7. The third kappa shape index (κ3) is 3.79. The van der Waals surface area contributed by atoms with Gasteiger partial charge in [-0.05, 0) is 24.1 Å². The van der Waals surface area contributed by atoms with E-state index in [4.69, 9.17) is 0 Å². The van der Waals surface area contributed by atoms with Crippen molar-refractivity contribution in [1.29, 1.82) is 0 Å². The van der Waals surface area contributed by atoms with Gasteiger partial charge in [0.2, 0.25) is 0 Å². The molecule has 0 atom stereocenters. The molecule has 4 heteroatoms. The van der Waals surface area contributed by atoms with E-state index in [1.54, 1.807) is 22.9 Å². The Morgan fingerprint density at radius 3 is 2.31 bits per heavy atom. The molecule has 26 heavy (non-hydrogen) atoms. The van der Waals surface area contributed by atoms with Crippen molar-refractivity contribution in [3.05, 3.63) is 58.5 Å². The van der Waals surface area contributed by atoms with E-state index in [0.717, 1.165) is 17.5 Å². The lowest BCUT2D eigenvalue weighted by atomic mass is 9.96. The Labute approximate surface area is 156 Å². The summed E-state index contributed by atoms with van der Waals surface area (Å²) >= 11 is 0. The lowest BCUT2D eigenvalue weighted by molar-refractivity contribution is 0.471. The van der Waals surface area contributed by atoms with Crippen LogP contribution < -0.4 is 5.56 Å². The summed E-state index contributed by atoms with van der Waals surface area (Å²) in [6.07, 6.45) is 2.39. The highest BCUT2D eigenvalue weighted by atomic mass is 16.3. The summed E-state index contributed by atoms with van der Waals surface area (Å²) in [7, 11) is 0. The van der Waals surface area contributed by atoms with E-state index in [9.17, 15) is 9.90 Å². The third-order valence-electron chi connectivity index (χ3n) is 3.88. The molecule has 0 aliphatic carbocycles. The molecule has 0 amide bonds. The highest BCUT2D eigenvalue weighted by molar-refractivity contribution is 5.90. The van der Waals surface area contributed by atoms with Crippen LogP contribution in [0.15, 0.2) is 47.4 Å². The maximum absolute atomic E-state index is 12.5. The van der Waals surface area contributed by atoms with E-state index in [-0.39, 0.29) is 11.3 Å². The van der Waals surface area contributed by atoms with Crippen LogP contribution in [0.25, 0.3) is 22.2 Å². The summed E-state index contributed by atoms with van der Waals surface area (Å²) in [4.78, 5) is 16.7. The van der Waals surface area contributed by atoms with Crippen molar-refractivity contribution < 1.29 is 5.11 Å². The van der Waals surface area contributed by atoms with Crippen molar-refractivity contribution >= 4 is 10.9 Å². The van der Waals surface area contributed by atoms with E-state index in [1.165, 1.54) is 0 Å². The van der Waals surface area contributed by atoms with E-state index < -0.39 is 0 Å². The maximum Gasteiger partial charge on any atom is 0.260 e. The fourth-order valence-electron chi connectivity index (χ4n) is 2.94. The summed E-state index contributed by atoms with van der Waals surface area (Å²) in [5.41, 5.74) is 2.94. The molecule has 1 aliphatic rings. The van der Waals surface area contributed by atoms with Crippen molar-refractivity contribution in [3.63, 3.8) is 0 Å². The molecule has 3 heterocycles. The standard InChI is InChI=1S/C16H12N2O2.3C2H6/c19-15-13-12(6-3-8-17-13)16(20)18-9-7-10-4-1-2-5-11(10)14(15)18;3*1-2/h1-6,8,19H,7,9H2;3*1-2H3. The van der Waals surface area contributed by atoms with Crippen LogP contribution in [0.1, 0.15) is 47.1 Å². The van der Waals surface area contributed by atoms with Crippen LogP contribution in [0.4, 0.5) is 0 Å². The lowest BCUT2D eigenvalue weighted by Gasteiger charge is -2.23. The quantitative estimate of drug-likeness (QED) is 0.588. The van der Waals surface area contributed by atoms with Gasteiger partial charge in [-0.3, -0.25) is 9.78 Å². The minimum Gasteiger partial charge on any atom is -0.504 e. The van der Waals surface area contributed by atoms with Gasteiger partial charge in [0.1, 0.15) is 5.52 Å². The van der Waals surface area contributed by atoms with Crippen LogP contribution in [0.5, 0.6) is 5.75 Å². The first-order valence-corrected chi connectivity index (χ1v) is 9.56. The second-order valence-corrected chi connectivity index (χ2v) is 4.96.